The number of nitrogens with zero attached hydrogens (tertiary/aromatic N) is 2. The van der Waals surface area contributed by atoms with E-state index in [2.05, 4.69) is 0 Å². The number of carbonyl (C=O) groups excluding carboxylic acids is 2. The average molecular weight is 403 g/mol. The number of hydrogen-bond donors (Lipinski definition) is 0. The van der Waals surface area contributed by atoms with Gasteiger partial charge in [0.25, 0.3) is 0 Å². The van der Waals surface area contributed by atoms with Gasteiger partial charge in [0.05, 0.1) is 18.4 Å². The van der Waals surface area contributed by atoms with Gasteiger partial charge >= 0.3 is 0 Å². The molecule has 0 fully saturated rings. The third-order valence-corrected chi connectivity index (χ3v) is 5.75. The molecule has 0 radical (unpaired) electrons. The van der Waals surface area contributed by atoms with Crippen LogP contribution in [0.4, 0.5) is 11.4 Å². The summed E-state index contributed by atoms with van der Waals surface area (Å²) in [6, 6.07) is 10.2. The van der Waals surface area contributed by atoms with Crippen molar-refractivity contribution in [3.63, 3.8) is 0 Å². The molecule has 7 heteroatoms. The fourth-order valence-electron chi connectivity index (χ4n) is 3.23. The van der Waals surface area contributed by atoms with Crippen molar-refractivity contribution in [1.29, 1.82) is 0 Å². The predicted octanol–water partition coefficient (Wildman–Crippen LogP) is 3.13. The normalized spacial score (nSPS) is 11.2. The number of rotatable bonds is 5. The minimum absolute atomic E-state index is 0.0138. The van der Waals surface area contributed by atoms with E-state index in [1.54, 1.807) is 19.2 Å². The van der Waals surface area contributed by atoms with Gasteiger partial charge in [0.15, 0.2) is 0 Å². The molecule has 6 nitrogen and oxygen atoms in total. The number of amides is 2. The summed E-state index contributed by atoms with van der Waals surface area (Å²) in [5, 5.41) is 0. The number of carbonyl (C=O) groups is 2. The Morgan fingerprint density at radius 3 is 1.82 bits per heavy atom. The van der Waals surface area contributed by atoms with Crippen molar-refractivity contribution in [2.45, 2.75) is 34.1 Å². The third-order valence-electron chi connectivity index (χ3n) is 4.67. The van der Waals surface area contributed by atoms with Crippen molar-refractivity contribution in [2.75, 3.05) is 22.5 Å². The third kappa shape index (κ3) is 4.78. The Labute approximate surface area is 166 Å². The number of hydrogen-bond acceptors (Lipinski definition) is 4. The molecule has 2 rings (SSSR count). The van der Waals surface area contributed by atoms with Gasteiger partial charge < -0.3 is 4.90 Å². The van der Waals surface area contributed by atoms with Gasteiger partial charge in [0, 0.05) is 19.7 Å². The summed E-state index contributed by atoms with van der Waals surface area (Å²) in [4.78, 5) is 25.9. The van der Waals surface area contributed by atoms with Gasteiger partial charge in [-0.05, 0) is 61.7 Å². The highest BCUT2D eigenvalue weighted by molar-refractivity contribution is 7.92. The van der Waals surface area contributed by atoms with Gasteiger partial charge in [-0.15, -0.1) is 0 Å². The molecular formula is C21H26N2O4S. The molecule has 2 aromatic carbocycles. The molecule has 0 aliphatic rings. The molecule has 0 atom stereocenters. The first-order valence-electron chi connectivity index (χ1n) is 8.86. The molecule has 2 amide bonds. The largest absolute Gasteiger partial charge is 0.316 e. The van der Waals surface area contributed by atoms with Crippen molar-refractivity contribution in [1.82, 2.24) is 0 Å². The summed E-state index contributed by atoms with van der Waals surface area (Å²) in [5.41, 5.74) is 4.70. The van der Waals surface area contributed by atoms with E-state index in [0.29, 0.717) is 5.69 Å². The lowest BCUT2D eigenvalue weighted by Crippen LogP contribution is -2.37. The molecule has 150 valence electrons. The van der Waals surface area contributed by atoms with E-state index < -0.39 is 15.9 Å². The molecular weight excluding hydrogens is 376 g/mol. The molecule has 2 aromatic rings. The number of aryl methyl sites for hydroxylation is 3. The molecule has 0 aromatic heterocycles. The van der Waals surface area contributed by atoms with E-state index in [1.165, 1.54) is 24.0 Å². The van der Waals surface area contributed by atoms with Gasteiger partial charge in [0.1, 0.15) is 0 Å². The first kappa shape index (κ1) is 21.6. The maximum atomic E-state index is 13.0. The van der Waals surface area contributed by atoms with E-state index in [4.69, 9.17) is 0 Å². The smallest absolute Gasteiger partial charge is 0.245 e. The first-order chi connectivity index (χ1) is 12.9. The average Bonchev–Trinajstić information content (AvgIpc) is 2.57. The van der Waals surface area contributed by atoms with Crippen molar-refractivity contribution >= 4 is 33.2 Å². The summed E-state index contributed by atoms with van der Waals surface area (Å²) < 4.78 is 25.5. The van der Waals surface area contributed by atoms with Crippen LogP contribution in [0.1, 0.15) is 29.2 Å². The first-order valence-corrected chi connectivity index (χ1v) is 10.7. The highest BCUT2D eigenvalue weighted by Crippen LogP contribution is 2.25. The van der Waals surface area contributed by atoms with Crippen LogP contribution in [0.3, 0.4) is 0 Å². The summed E-state index contributed by atoms with van der Waals surface area (Å²) in [5.74, 6) is -0.667. The van der Waals surface area contributed by atoms with Gasteiger partial charge in [-0.2, -0.15) is 0 Å². The summed E-state index contributed by atoms with van der Waals surface area (Å²) in [6.45, 7) is 7.25. The Kier molecular flexibility index (Phi) is 6.29. The molecule has 0 saturated heterocycles. The Morgan fingerprint density at radius 2 is 1.39 bits per heavy atom. The maximum absolute atomic E-state index is 13.0. The van der Waals surface area contributed by atoms with Gasteiger partial charge in [0.2, 0.25) is 21.8 Å². The van der Waals surface area contributed by atoms with E-state index >= 15 is 0 Å². The van der Waals surface area contributed by atoms with Crippen LogP contribution in [-0.2, 0) is 26.0 Å². The van der Waals surface area contributed by atoms with Crippen LogP contribution in [0.5, 0.6) is 0 Å². The Morgan fingerprint density at radius 1 is 0.929 bits per heavy atom. The fourth-order valence-corrected chi connectivity index (χ4v) is 4.16. The number of sulfonamides is 1. The molecule has 0 saturated carbocycles. The van der Waals surface area contributed by atoms with E-state index in [9.17, 15) is 18.0 Å². The quantitative estimate of drug-likeness (QED) is 0.770. The highest BCUT2D eigenvalue weighted by atomic mass is 32.2. The van der Waals surface area contributed by atoms with Gasteiger partial charge in [-0.25, -0.2) is 12.7 Å². The minimum Gasteiger partial charge on any atom is -0.316 e. The SMILES string of the molecule is CC(=O)N(C)c1ccc(N(C(=O)Cc2c(C)cc(C)cc2C)S(C)(=O)=O)cc1. The lowest BCUT2D eigenvalue weighted by atomic mass is 9.97. The summed E-state index contributed by atoms with van der Waals surface area (Å²) >= 11 is 0. The van der Waals surface area contributed by atoms with Crippen molar-refractivity contribution < 1.29 is 18.0 Å². The molecule has 28 heavy (non-hydrogen) atoms. The van der Waals surface area contributed by atoms with Crippen LogP contribution in [0.15, 0.2) is 36.4 Å². The van der Waals surface area contributed by atoms with Crippen LogP contribution >= 0.6 is 0 Å². The van der Waals surface area contributed by atoms with E-state index in [-0.39, 0.29) is 18.0 Å². The monoisotopic (exact) mass is 402 g/mol. The zero-order valence-electron chi connectivity index (χ0n) is 17.1. The maximum Gasteiger partial charge on any atom is 0.245 e. The zero-order valence-corrected chi connectivity index (χ0v) is 17.9. The van der Waals surface area contributed by atoms with E-state index in [0.717, 1.165) is 32.8 Å². The predicted molar refractivity (Wildman–Crippen MR) is 112 cm³/mol. The number of benzene rings is 2. The molecule has 0 bridgehead atoms. The molecule has 0 N–H and O–H groups in total. The van der Waals surface area contributed by atoms with Crippen molar-refractivity contribution in [2.24, 2.45) is 0 Å². The molecule has 0 heterocycles. The molecule has 0 spiro atoms. The minimum atomic E-state index is -3.82. The Hall–Kier alpha value is -2.67. The topological polar surface area (TPSA) is 74.8 Å². The van der Waals surface area contributed by atoms with Gasteiger partial charge in [-0.1, -0.05) is 17.7 Å². The second-order valence-electron chi connectivity index (χ2n) is 7.07. The van der Waals surface area contributed by atoms with Crippen LogP contribution in [0, 0.1) is 20.8 Å². The van der Waals surface area contributed by atoms with Crippen molar-refractivity contribution in [3.05, 3.63) is 58.7 Å². The van der Waals surface area contributed by atoms with Crippen LogP contribution in [0.25, 0.3) is 0 Å². The zero-order chi connectivity index (χ0) is 21.2. The summed E-state index contributed by atoms with van der Waals surface area (Å²) in [6.07, 6.45) is 0.996. The highest BCUT2D eigenvalue weighted by Gasteiger charge is 2.26. The van der Waals surface area contributed by atoms with Crippen molar-refractivity contribution in [3.8, 4) is 0 Å². The van der Waals surface area contributed by atoms with Crippen LogP contribution < -0.4 is 9.21 Å². The van der Waals surface area contributed by atoms with E-state index in [1.807, 2.05) is 32.9 Å². The fraction of sp³-hybridized carbons (Fsp3) is 0.333. The van der Waals surface area contributed by atoms with Crippen LogP contribution in [0.2, 0.25) is 0 Å². The Bertz CT molecular complexity index is 988. The molecule has 0 aliphatic carbocycles. The second-order valence-corrected chi connectivity index (χ2v) is 8.90. The Balaban J connectivity index is 2.40. The second kappa shape index (κ2) is 8.14. The van der Waals surface area contributed by atoms with Gasteiger partial charge in [-0.3, -0.25) is 9.59 Å². The number of anilines is 2. The van der Waals surface area contributed by atoms with Crippen LogP contribution in [-0.4, -0.2) is 33.5 Å². The lowest BCUT2D eigenvalue weighted by Gasteiger charge is -2.23. The standard InChI is InChI=1S/C21H26N2O4S/c1-14-11-15(2)20(16(3)12-14)13-21(25)23(28(6,26)27)19-9-7-18(8-10-19)22(5)17(4)24/h7-12H,13H2,1-6H3. The summed E-state index contributed by atoms with van der Waals surface area (Å²) in [7, 11) is -2.19. The lowest BCUT2D eigenvalue weighted by molar-refractivity contribution is -0.117. The molecule has 0 unspecified atom stereocenters. The molecule has 0 aliphatic heterocycles.